The number of methoxy groups -OCH3 is 1. The van der Waals surface area contributed by atoms with Crippen LogP contribution in [0.1, 0.15) is 46.8 Å². The lowest BCUT2D eigenvalue weighted by atomic mass is 9.93. The fourth-order valence-electron chi connectivity index (χ4n) is 3.72. The van der Waals surface area contributed by atoms with Crippen LogP contribution in [0.3, 0.4) is 0 Å². The second kappa shape index (κ2) is 11.5. The zero-order valence-electron chi connectivity index (χ0n) is 19.5. The number of carbonyl (C=O) groups is 2. The van der Waals surface area contributed by atoms with Crippen LogP contribution < -0.4 is 4.74 Å². The van der Waals surface area contributed by atoms with E-state index in [9.17, 15) is 24.4 Å². The summed E-state index contributed by atoms with van der Waals surface area (Å²) in [6.07, 6.45) is 6.01. The molecule has 0 aliphatic carbocycles. The summed E-state index contributed by atoms with van der Waals surface area (Å²) in [5.41, 5.74) is 2.73. The number of carboxylic acid groups (broad SMARTS) is 1. The molecule has 0 fully saturated rings. The summed E-state index contributed by atoms with van der Waals surface area (Å²) in [4.78, 5) is 23.7. The number of phenols is 1. The average molecular weight is 482 g/mol. The number of benzene rings is 1. The van der Waals surface area contributed by atoms with Gasteiger partial charge in [0.1, 0.15) is 23.7 Å². The minimum atomic E-state index is -3.14. The Morgan fingerprint density at radius 3 is 2.52 bits per heavy atom. The van der Waals surface area contributed by atoms with Crippen molar-refractivity contribution in [2.24, 2.45) is 5.92 Å². The highest BCUT2D eigenvalue weighted by atomic mass is 31.2. The second-order valence-electron chi connectivity index (χ2n) is 7.74. The maximum Gasteiger partial charge on any atom is 0.342 e. The van der Waals surface area contributed by atoms with Crippen LogP contribution in [0.2, 0.25) is 0 Å². The number of rotatable bonds is 12. The predicted octanol–water partition coefficient (Wildman–Crippen LogP) is 4.39. The number of carboxylic acids is 1. The zero-order chi connectivity index (χ0) is 24.8. The third kappa shape index (κ3) is 6.25. The summed E-state index contributed by atoms with van der Waals surface area (Å²) in [6.45, 7) is 3.69. The monoisotopic (exact) mass is 482 g/mol. The lowest BCUT2D eigenvalue weighted by Crippen LogP contribution is -2.11. The second-order valence-corrected chi connectivity index (χ2v) is 10.1. The highest BCUT2D eigenvalue weighted by Gasteiger charge is 2.32. The van der Waals surface area contributed by atoms with E-state index in [1.54, 1.807) is 32.1 Å². The van der Waals surface area contributed by atoms with Gasteiger partial charge in [-0.15, -0.1) is 0 Å². The van der Waals surface area contributed by atoms with Crippen LogP contribution in [-0.4, -0.2) is 49.6 Å². The van der Waals surface area contributed by atoms with Gasteiger partial charge < -0.3 is 28.7 Å². The number of esters is 1. The molecule has 1 aliphatic rings. The van der Waals surface area contributed by atoms with E-state index in [1.165, 1.54) is 21.3 Å². The lowest BCUT2D eigenvalue weighted by Gasteiger charge is -2.16. The fraction of sp³-hybridized carbons (Fsp3) is 0.478. The Balaban J connectivity index is 2.15. The van der Waals surface area contributed by atoms with Gasteiger partial charge in [-0.2, -0.15) is 0 Å². The molecule has 2 N–H and O–H groups in total. The molecule has 0 bridgehead atoms. The van der Waals surface area contributed by atoms with E-state index in [-0.39, 0.29) is 36.9 Å². The summed E-state index contributed by atoms with van der Waals surface area (Å²) < 4.78 is 32.3. The molecular formula is C23H31O9P. The summed E-state index contributed by atoms with van der Waals surface area (Å²) in [6, 6.07) is 0. The molecule has 9 nitrogen and oxygen atoms in total. The van der Waals surface area contributed by atoms with Crippen molar-refractivity contribution < 1.29 is 42.9 Å². The number of allylic oxidation sites excluding steroid dienone is 3. The number of fused-ring (bicyclic) bond motifs is 1. The number of aliphatic carboxylic acids is 1. The molecule has 0 aromatic heterocycles. The van der Waals surface area contributed by atoms with E-state index in [4.69, 9.17) is 18.5 Å². The maximum atomic E-state index is 12.1. The molecule has 1 aromatic rings. The minimum Gasteiger partial charge on any atom is -0.507 e. The van der Waals surface area contributed by atoms with Gasteiger partial charge in [0.05, 0.1) is 19.2 Å². The van der Waals surface area contributed by atoms with Crippen molar-refractivity contribution in [3.8, 4) is 11.5 Å². The van der Waals surface area contributed by atoms with Gasteiger partial charge in [-0.05, 0) is 38.7 Å². The van der Waals surface area contributed by atoms with E-state index in [1.807, 2.05) is 0 Å². The number of hydrogen-bond donors (Lipinski definition) is 2. The van der Waals surface area contributed by atoms with Crippen LogP contribution in [0.4, 0.5) is 0 Å². The summed E-state index contributed by atoms with van der Waals surface area (Å²) in [7, 11) is 0.958. The molecule has 0 spiro atoms. The topological polar surface area (TPSA) is 129 Å². The molecule has 10 heteroatoms. The van der Waals surface area contributed by atoms with Crippen molar-refractivity contribution in [2.75, 3.05) is 27.5 Å². The highest BCUT2D eigenvalue weighted by molar-refractivity contribution is 7.53. The number of cyclic esters (lactones) is 1. The quantitative estimate of drug-likeness (QED) is 0.253. The first kappa shape index (κ1) is 26.6. The summed E-state index contributed by atoms with van der Waals surface area (Å²) in [5, 5.41) is 20.3. The lowest BCUT2D eigenvalue weighted by molar-refractivity contribution is -0.140. The Bertz CT molecular complexity index is 1000. The van der Waals surface area contributed by atoms with Crippen molar-refractivity contribution in [1.82, 2.24) is 0 Å². The van der Waals surface area contributed by atoms with Crippen LogP contribution >= 0.6 is 7.60 Å². The zero-order valence-corrected chi connectivity index (χ0v) is 20.4. The predicted molar refractivity (Wildman–Crippen MR) is 122 cm³/mol. The molecule has 0 saturated heterocycles. The molecule has 1 atom stereocenters. The maximum absolute atomic E-state index is 12.1. The SMILES string of the molecule is COc1c(C)c2c(c(O)c1CC=C(C)CC(/C=C/CCP(=O)(OC)OC)C(=O)O)C(=O)OC2. The van der Waals surface area contributed by atoms with Gasteiger partial charge in [-0.3, -0.25) is 9.36 Å². The van der Waals surface area contributed by atoms with Crippen LogP contribution in [0.25, 0.3) is 0 Å². The molecule has 182 valence electrons. The molecule has 33 heavy (non-hydrogen) atoms. The first-order valence-electron chi connectivity index (χ1n) is 10.4. The molecular weight excluding hydrogens is 451 g/mol. The fourth-order valence-corrected chi connectivity index (χ4v) is 4.70. The van der Waals surface area contributed by atoms with Gasteiger partial charge in [0, 0.05) is 25.3 Å². The highest BCUT2D eigenvalue weighted by Crippen LogP contribution is 2.46. The molecule has 1 aliphatic heterocycles. The summed E-state index contributed by atoms with van der Waals surface area (Å²) in [5.74, 6) is -2.04. The number of ether oxygens (including phenoxy) is 2. The normalized spacial score (nSPS) is 14.9. The molecule has 2 rings (SSSR count). The largest absolute Gasteiger partial charge is 0.507 e. The van der Waals surface area contributed by atoms with Crippen LogP contribution in [0.15, 0.2) is 23.8 Å². The standard InChI is InChI=1S/C23H31O9P/c1-14(12-16(22(25)26)8-6-7-11-33(28,30-4)31-5)9-10-17-20(24)19-18(13-32-23(19)27)15(2)21(17)29-3/h6,8-9,16,24H,7,10-13H2,1-5H3,(H,25,26)/b8-6+,14-9?. The van der Waals surface area contributed by atoms with Gasteiger partial charge in [0.2, 0.25) is 0 Å². The van der Waals surface area contributed by atoms with Crippen molar-refractivity contribution in [2.45, 2.75) is 39.7 Å². The van der Waals surface area contributed by atoms with E-state index in [2.05, 4.69) is 0 Å². The Labute approximate surface area is 193 Å². The minimum absolute atomic E-state index is 0.0932. The first-order chi connectivity index (χ1) is 15.6. The molecule has 1 heterocycles. The molecule has 1 aromatic carbocycles. The van der Waals surface area contributed by atoms with Gasteiger partial charge in [-0.25, -0.2) is 4.79 Å². The number of carbonyl (C=O) groups excluding carboxylic acids is 1. The van der Waals surface area contributed by atoms with Crippen LogP contribution in [0, 0.1) is 12.8 Å². The number of phenolic OH excluding ortho intramolecular Hbond substituents is 1. The van der Waals surface area contributed by atoms with Gasteiger partial charge in [0.25, 0.3) is 0 Å². The molecule has 1 unspecified atom stereocenters. The number of hydrogen-bond acceptors (Lipinski definition) is 8. The Kier molecular flexibility index (Phi) is 9.28. The van der Waals surface area contributed by atoms with E-state index < -0.39 is 25.5 Å². The number of aromatic hydroxyl groups is 1. The molecule has 0 radical (unpaired) electrons. The Morgan fingerprint density at radius 1 is 1.27 bits per heavy atom. The van der Waals surface area contributed by atoms with E-state index in [0.29, 0.717) is 23.3 Å². The van der Waals surface area contributed by atoms with Gasteiger partial charge in [0.15, 0.2) is 0 Å². The summed E-state index contributed by atoms with van der Waals surface area (Å²) >= 11 is 0. The Morgan fingerprint density at radius 2 is 1.94 bits per heavy atom. The van der Waals surface area contributed by atoms with Crippen molar-refractivity contribution in [3.63, 3.8) is 0 Å². The third-order valence-electron chi connectivity index (χ3n) is 5.66. The Hall–Kier alpha value is -2.61. The van der Waals surface area contributed by atoms with Gasteiger partial charge >= 0.3 is 19.5 Å². The van der Waals surface area contributed by atoms with Crippen molar-refractivity contribution in [3.05, 3.63) is 46.1 Å². The smallest absolute Gasteiger partial charge is 0.342 e. The van der Waals surface area contributed by atoms with Gasteiger partial charge in [-0.1, -0.05) is 23.8 Å². The van der Waals surface area contributed by atoms with Crippen LogP contribution in [0.5, 0.6) is 11.5 Å². The van der Waals surface area contributed by atoms with Crippen molar-refractivity contribution in [1.29, 1.82) is 0 Å². The average Bonchev–Trinajstić information content (AvgIpc) is 3.18. The van der Waals surface area contributed by atoms with E-state index >= 15 is 0 Å². The van der Waals surface area contributed by atoms with Crippen molar-refractivity contribution >= 4 is 19.5 Å². The van der Waals surface area contributed by atoms with Crippen LogP contribution in [-0.2, 0) is 36.2 Å². The molecule has 0 saturated carbocycles. The first-order valence-corrected chi connectivity index (χ1v) is 12.1. The molecule has 0 amide bonds. The van der Waals surface area contributed by atoms with E-state index in [0.717, 1.165) is 11.1 Å². The third-order valence-corrected chi connectivity index (χ3v) is 7.57.